The van der Waals surface area contributed by atoms with Gasteiger partial charge in [-0.3, -0.25) is 10.1 Å². The van der Waals surface area contributed by atoms with Crippen LogP contribution >= 0.6 is 22.6 Å². The van der Waals surface area contributed by atoms with Gasteiger partial charge in [-0.25, -0.2) is 0 Å². The molecule has 0 spiro atoms. The fraction of sp³-hybridized carbons (Fsp3) is 0. The van der Waals surface area contributed by atoms with E-state index in [0.29, 0.717) is 11.1 Å². The summed E-state index contributed by atoms with van der Waals surface area (Å²) in [5.74, 6) is 0. The second-order valence-corrected chi connectivity index (χ2v) is 5.24. The number of allylic oxidation sites excluding steroid dienone is 1. The van der Waals surface area contributed by atoms with Crippen LogP contribution in [0.5, 0.6) is 0 Å². The Labute approximate surface area is 129 Å². The van der Waals surface area contributed by atoms with Crippen LogP contribution in [0.15, 0.2) is 48.5 Å². The molecule has 2 aromatic rings. The van der Waals surface area contributed by atoms with Gasteiger partial charge in [0.1, 0.15) is 0 Å². The third-order valence-electron chi connectivity index (χ3n) is 2.71. The van der Waals surface area contributed by atoms with E-state index in [9.17, 15) is 15.4 Å². The molecule has 0 heterocycles. The first-order valence-electron chi connectivity index (χ1n) is 5.73. The van der Waals surface area contributed by atoms with E-state index in [-0.39, 0.29) is 5.69 Å². The van der Waals surface area contributed by atoms with Crippen LogP contribution in [-0.4, -0.2) is 4.92 Å². The van der Waals surface area contributed by atoms with Crippen LogP contribution in [0.3, 0.4) is 0 Å². The summed E-state index contributed by atoms with van der Waals surface area (Å²) in [6.45, 7) is 0. The molecule has 2 aromatic carbocycles. The van der Waals surface area contributed by atoms with Gasteiger partial charge in [0.15, 0.2) is 0 Å². The number of hydrogen-bond acceptors (Lipinski definition) is 3. The quantitative estimate of drug-likeness (QED) is 0.264. The molecule has 0 aliphatic carbocycles. The lowest BCUT2D eigenvalue weighted by molar-refractivity contribution is -0.385. The lowest BCUT2D eigenvalue weighted by Crippen LogP contribution is -1.91. The summed E-state index contributed by atoms with van der Waals surface area (Å²) in [7, 11) is 0. The second kappa shape index (κ2) is 6.30. The van der Waals surface area contributed by atoms with Gasteiger partial charge in [-0.2, -0.15) is 5.26 Å². The molecular weight excluding hydrogens is 367 g/mol. The molecular formula is C15H9IN2O2. The van der Waals surface area contributed by atoms with Crippen molar-refractivity contribution >= 4 is 39.9 Å². The van der Waals surface area contributed by atoms with E-state index >= 15 is 0 Å². The Kier molecular flexibility index (Phi) is 4.48. The van der Waals surface area contributed by atoms with Crippen LogP contribution < -0.4 is 0 Å². The average molecular weight is 376 g/mol. The van der Waals surface area contributed by atoms with Gasteiger partial charge < -0.3 is 0 Å². The Morgan fingerprint density at radius 1 is 1.20 bits per heavy atom. The van der Waals surface area contributed by atoms with Crippen LogP contribution in [-0.2, 0) is 0 Å². The molecule has 0 fully saturated rings. The zero-order valence-corrected chi connectivity index (χ0v) is 12.4. The molecule has 0 unspecified atom stereocenters. The zero-order chi connectivity index (χ0) is 14.5. The number of nitro benzene ring substituents is 1. The Hall–Kier alpha value is -2.20. The zero-order valence-electron chi connectivity index (χ0n) is 10.3. The largest absolute Gasteiger partial charge is 0.276 e. The maximum Gasteiger partial charge on any atom is 0.276 e. The third-order valence-corrected chi connectivity index (χ3v) is 3.43. The van der Waals surface area contributed by atoms with Crippen molar-refractivity contribution in [3.05, 3.63) is 73.3 Å². The molecule has 0 aliphatic rings. The number of rotatable bonds is 3. The minimum absolute atomic E-state index is 0.00855. The molecule has 4 nitrogen and oxygen atoms in total. The molecule has 98 valence electrons. The fourth-order valence-corrected chi connectivity index (χ4v) is 2.10. The predicted octanol–water partition coefficient (Wildman–Crippen LogP) is 4.26. The lowest BCUT2D eigenvalue weighted by atomic mass is 10.0. The standard InChI is InChI=1S/C15H9IN2O2/c16-14-7-5-11(6-8-14)13(10-17)9-12-3-1-2-4-15(12)18(19)20/h1-9H/b13-9-. The van der Waals surface area contributed by atoms with Crippen molar-refractivity contribution in [3.8, 4) is 6.07 Å². The summed E-state index contributed by atoms with van der Waals surface area (Å²) in [5, 5.41) is 20.2. The van der Waals surface area contributed by atoms with Crippen molar-refractivity contribution in [2.24, 2.45) is 0 Å². The van der Waals surface area contributed by atoms with Crippen LogP contribution in [0.1, 0.15) is 11.1 Å². The van der Waals surface area contributed by atoms with Gasteiger partial charge in [0, 0.05) is 9.64 Å². The molecule has 0 atom stereocenters. The van der Waals surface area contributed by atoms with E-state index in [0.717, 1.165) is 9.13 Å². The number of benzene rings is 2. The van der Waals surface area contributed by atoms with Gasteiger partial charge in [0.25, 0.3) is 5.69 Å². The summed E-state index contributed by atoms with van der Waals surface area (Å²) in [5.41, 5.74) is 1.56. The minimum Gasteiger partial charge on any atom is -0.258 e. The summed E-state index contributed by atoms with van der Waals surface area (Å²) in [6, 6.07) is 15.9. The Morgan fingerprint density at radius 3 is 2.45 bits per heavy atom. The highest BCUT2D eigenvalue weighted by Crippen LogP contribution is 2.24. The normalized spacial score (nSPS) is 10.9. The van der Waals surface area contributed by atoms with Crippen molar-refractivity contribution in [2.75, 3.05) is 0 Å². The van der Waals surface area contributed by atoms with E-state index in [1.165, 1.54) is 6.07 Å². The predicted molar refractivity (Wildman–Crippen MR) is 85.7 cm³/mol. The summed E-state index contributed by atoms with van der Waals surface area (Å²) in [6.07, 6.45) is 1.54. The number of hydrogen-bond donors (Lipinski definition) is 0. The monoisotopic (exact) mass is 376 g/mol. The first-order chi connectivity index (χ1) is 9.61. The van der Waals surface area contributed by atoms with Crippen LogP contribution in [0.4, 0.5) is 5.69 Å². The van der Waals surface area contributed by atoms with Crippen LogP contribution in [0, 0.1) is 25.0 Å². The highest BCUT2D eigenvalue weighted by molar-refractivity contribution is 14.1. The summed E-state index contributed by atoms with van der Waals surface area (Å²) < 4.78 is 1.06. The fourth-order valence-electron chi connectivity index (χ4n) is 1.74. The Balaban J connectivity index is 2.50. The molecule has 0 saturated carbocycles. The maximum absolute atomic E-state index is 11.0. The molecule has 0 saturated heterocycles. The van der Waals surface area contributed by atoms with Gasteiger partial charge >= 0.3 is 0 Å². The van der Waals surface area contributed by atoms with Crippen molar-refractivity contribution in [1.82, 2.24) is 0 Å². The number of halogens is 1. The molecule has 5 heteroatoms. The van der Waals surface area contributed by atoms with Crippen molar-refractivity contribution in [2.45, 2.75) is 0 Å². The molecule has 2 rings (SSSR count). The lowest BCUT2D eigenvalue weighted by Gasteiger charge is -2.01. The highest BCUT2D eigenvalue weighted by atomic mass is 127. The van der Waals surface area contributed by atoms with Gasteiger partial charge in [0.05, 0.1) is 22.1 Å². The average Bonchev–Trinajstić information content (AvgIpc) is 2.46. The molecule has 0 aliphatic heterocycles. The Bertz CT molecular complexity index is 715. The maximum atomic E-state index is 11.0. The van der Waals surface area contributed by atoms with Crippen molar-refractivity contribution < 1.29 is 4.92 Å². The van der Waals surface area contributed by atoms with Crippen molar-refractivity contribution in [1.29, 1.82) is 5.26 Å². The summed E-state index contributed by atoms with van der Waals surface area (Å²) in [4.78, 5) is 10.5. The molecule has 20 heavy (non-hydrogen) atoms. The van der Waals surface area contributed by atoms with Gasteiger partial charge in [-0.1, -0.05) is 24.3 Å². The highest BCUT2D eigenvalue weighted by Gasteiger charge is 2.11. The first kappa shape index (κ1) is 14.2. The van der Waals surface area contributed by atoms with Crippen LogP contribution in [0.2, 0.25) is 0 Å². The number of nitriles is 1. The third kappa shape index (κ3) is 3.22. The van der Waals surface area contributed by atoms with E-state index in [2.05, 4.69) is 28.7 Å². The molecule has 0 radical (unpaired) electrons. The molecule has 0 N–H and O–H groups in total. The smallest absolute Gasteiger partial charge is 0.258 e. The number of nitrogens with zero attached hydrogens (tertiary/aromatic N) is 2. The first-order valence-corrected chi connectivity index (χ1v) is 6.81. The van der Waals surface area contributed by atoms with E-state index in [4.69, 9.17) is 0 Å². The van der Waals surface area contributed by atoms with E-state index in [1.807, 2.05) is 24.3 Å². The van der Waals surface area contributed by atoms with Crippen LogP contribution in [0.25, 0.3) is 11.6 Å². The molecule has 0 amide bonds. The van der Waals surface area contributed by atoms with Gasteiger partial charge in [-0.05, 0) is 52.4 Å². The number of nitro groups is 1. The molecule has 0 aromatic heterocycles. The molecule has 0 bridgehead atoms. The topological polar surface area (TPSA) is 66.9 Å². The number of para-hydroxylation sites is 1. The van der Waals surface area contributed by atoms with Crippen molar-refractivity contribution in [3.63, 3.8) is 0 Å². The SMILES string of the molecule is N#C/C(=C/c1ccccc1[N+](=O)[O-])c1ccc(I)cc1. The van der Waals surface area contributed by atoms with E-state index in [1.54, 1.807) is 24.3 Å². The summed E-state index contributed by atoms with van der Waals surface area (Å²) >= 11 is 2.18. The Morgan fingerprint density at radius 2 is 1.85 bits per heavy atom. The second-order valence-electron chi connectivity index (χ2n) is 3.99. The van der Waals surface area contributed by atoms with Gasteiger partial charge in [-0.15, -0.1) is 0 Å². The van der Waals surface area contributed by atoms with Gasteiger partial charge in [0.2, 0.25) is 0 Å². The van der Waals surface area contributed by atoms with E-state index < -0.39 is 4.92 Å². The minimum atomic E-state index is -0.450.